The predicted molar refractivity (Wildman–Crippen MR) is 139 cm³/mol. The molecule has 2 aromatic carbocycles. The number of hydrogen-bond donors (Lipinski definition) is 2. The lowest BCUT2D eigenvalue weighted by Crippen LogP contribution is -2.36. The molecule has 1 atom stereocenters. The molecule has 1 aliphatic rings. The van der Waals surface area contributed by atoms with Gasteiger partial charge in [-0.1, -0.05) is 42.5 Å². The van der Waals surface area contributed by atoms with Gasteiger partial charge in [-0.3, -0.25) is 9.89 Å². The molecule has 0 aliphatic carbocycles. The Kier molecular flexibility index (Phi) is 9.06. The number of aromatic amines is 1. The molecule has 2 heterocycles. The third-order valence-corrected chi connectivity index (χ3v) is 6.53. The van der Waals surface area contributed by atoms with E-state index in [0.29, 0.717) is 24.6 Å². The largest absolute Gasteiger partial charge is 0.375 e. The van der Waals surface area contributed by atoms with Crippen LogP contribution < -0.4 is 5.32 Å². The molecule has 7 nitrogen and oxygen atoms in total. The van der Waals surface area contributed by atoms with Crippen LogP contribution >= 0.6 is 0 Å². The third-order valence-electron chi connectivity index (χ3n) is 6.53. The van der Waals surface area contributed by atoms with Crippen LogP contribution in [0.2, 0.25) is 0 Å². The minimum absolute atomic E-state index is 0.0434. The Morgan fingerprint density at radius 3 is 2.89 bits per heavy atom. The summed E-state index contributed by atoms with van der Waals surface area (Å²) in [6.07, 6.45) is 4.16. The number of piperidine rings is 1. The standard InChI is InChI=1S/C28H37N5O2/c1-32(2)15-13-29-28(34)24-11-6-10-23(18-24)26-19-30-31-27(26)25-12-7-14-33(20-25)16-17-35-21-22-8-4-3-5-9-22/h3-6,8-11,18-19,25H,7,12-17,20-21H2,1-2H3,(H,29,34)(H,30,31). The van der Waals surface area contributed by atoms with Crippen molar-refractivity contribution in [2.24, 2.45) is 0 Å². The van der Waals surface area contributed by atoms with Gasteiger partial charge >= 0.3 is 0 Å². The summed E-state index contributed by atoms with van der Waals surface area (Å²) in [5.41, 5.74) is 5.15. The molecule has 35 heavy (non-hydrogen) atoms. The number of likely N-dealkylation sites (tertiary alicyclic amines) is 1. The first-order valence-corrected chi connectivity index (χ1v) is 12.5. The average Bonchev–Trinajstić information content (AvgIpc) is 3.37. The summed E-state index contributed by atoms with van der Waals surface area (Å²) in [4.78, 5) is 17.2. The van der Waals surface area contributed by atoms with Crippen LogP contribution in [-0.4, -0.2) is 79.3 Å². The Labute approximate surface area is 208 Å². The summed E-state index contributed by atoms with van der Waals surface area (Å²) in [5, 5.41) is 10.6. The molecule has 4 rings (SSSR count). The zero-order valence-corrected chi connectivity index (χ0v) is 20.9. The predicted octanol–water partition coefficient (Wildman–Crippen LogP) is 3.76. The smallest absolute Gasteiger partial charge is 0.251 e. The molecular weight excluding hydrogens is 438 g/mol. The minimum Gasteiger partial charge on any atom is -0.375 e. The van der Waals surface area contributed by atoms with E-state index in [1.807, 2.05) is 56.7 Å². The van der Waals surface area contributed by atoms with E-state index in [0.717, 1.165) is 62.4 Å². The molecule has 2 N–H and O–H groups in total. The third kappa shape index (κ3) is 7.24. The number of likely N-dealkylation sites (N-methyl/N-ethyl adjacent to an activating group) is 1. The zero-order valence-electron chi connectivity index (χ0n) is 20.9. The summed E-state index contributed by atoms with van der Waals surface area (Å²) < 4.78 is 5.92. The van der Waals surface area contributed by atoms with Crippen molar-refractivity contribution in [1.29, 1.82) is 0 Å². The molecule has 0 radical (unpaired) electrons. The number of carbonyl (C=O) groups is 1. The molecule has 0 bridgehead atoms. The maximum absolute atomic E-state index is 12.6. The molecule has 1 aliphatic heterocycles. The van der Waals surface area contributed by atoms with Crippen LogP contribution in [0.1, 0.15) is 40.4 Å². The summed E-state index contributed by atoms with van der Waals surface area (Å²) in [7, 11) is 3.99. The van der Waals surface area contributed by atoms with E-state index in [1.165, 1.54) is 5.56 Å². The highest BCUT2D eigenvalue weighted by Crippen LogP contribution is 2.33. The van der Waals surface area contributed by atoms with E-state index in [-0.39, 0.29) is 5.91 Å². The summed E-state index contributed by atoms with van der Waals surface area (Å²) in [6.45, 7) is 5.82. The van der Waals surface area contributed by atoms with Gasteiger partial charge in [0.15, 0.2) is 0 Å². The van der Waals surface area contributed by atoms with Crippen molar-refractivity contribution in [3.05, 3.63) is 77.6 Å². The molecule has 7 heteroatoms. The number of ether oxygens (including phenoxy) is 1. The molecule has 1 amide bonds. The van der Waals surface area contributed by atoms with Crippen molar-refractivity contribution in [3.63, 3.8) is 0 Å². The molecule has 1 aromatic heterocycles. The van der Waals surface area contributed by atoms with E-state index >= 15 is 0 Å². The van der Waals surface area contributed by atoms with Gasteiger partial charge in [-0.25, -0.2) is 0 Å². The Balaban J connectivity index is 1.34. The van der Waals surface area contributed by atoms with Crippen LogP contribution in [0.3, 0.4) is 0 Å². The fourth-order valence-corrected chi connectivity index (χ4v) is 4.61. The topological polar surface area (TPSA) is 73.5 Å². The van der Waals surface area contributed by atoms with Crippen LogP contribution in [0.5, 0.6) is 0 Å². The van der Waals surface area contributed by atoms with Gasteiger partial charge in [-0.05, 0) is 56.7 Å². The maximum Gasteiger partial charge on any atom is 0.251 e. The van der Waals surface area contributed by atoms with Crippen LogP contribution in [-0.2, 0) is 11.3 Å². The normalized spacial score (nSPS) is 16.5. The zero-order chi connectivity index (χ0) is 24.5. The van der Waals surface area contributed by atoms with E-state index in [2.05, 4.69) is 43.5 Å². The van der Waals surface area contributed by atoms with E-state index in [4.69, 9.17) is 4.74 Å². The number of carbonyl (C=O) groups excluding carboxylic acids is 1. The second-order valence-corrected chi connectivity index (χ2v) is 9.52. The first-order chi connectivity index (χ1) is 17.1. The second-order valence-electron chi connectivity index (χ2n) is 9.52. The first kappa shape index (κ1) is 25.1. The van der Waals surface area contributed by atoms with Crippen LogP contribution in [0.25, 0.3) is 11.1 Å². The lowest BCUT2D eigenvalue weighted by atomic mass is 9.90. The van der Waals surface area contributed by atoms with E-state index in [9.17, 15) is 4.79 Å². The second kappa shape index (κ2) is 12.6. The minimum atomic E-state index is -0.0434. The molecule has 1 saturated heterocycles. The number of nitrogens with one attached hydrogen (secondary N) is 2. The monoisotopic (exact) mass is 475 g/mol. The van der Waals surface area contributed by atoms with Crippen LogP contribution in [0, 0.1) is 0 Å². The SMILES string of the molecule is CN(C)CCNC(=O)c1cccc(-c2cn[nH]c2C2CCCN(CCOCc3ccccc3)C2)c1. The summed E-state index contributed by atoms with van der Waals surface area (Å²) in [5.74, 6) is 0.339. The van der Waals surface area contributed by atoms with Crippen molar-refractivity contribution in [2.45, 2.75) is 25.4 Å². The van der Waals surface area contributed by atoms with Crippen molar-refractivity contribution < 1.29 is 9.53 Å². The van der Waals surface area contributed by atoms with E-state index < -0.39 is 0 Å². The lowest BCUT2D eigenvalue weighted by Gasteiger charge is -2.32. The van der Waals surface area contributed by atoms with Crippen LogP contribution in [0.4, 0.5) is 0 Å². The molecule has 186 valence electrons. The van der Waals surface area contributed by atoms with Gasteiger partial charge in [-0.2, -0.15) is 5.10 Å². The Hall–Kier alpha value is -3.00. The summed E-state index contributed by atoms with van der Waals surface area (Å²) in [6, 6.07) is 18.2. The Morgan fingerprint density at radius 2 is 2.06 bits per heavy atom. The van der Waals surface area contributed by atoms with Gasteiger partial charge in [0.2, 0.25) is 0 Å². The number of nitrogens with zero attached hydrogens (tertiary/aromatic N) is 3. The van der Waals surface area contributed by atoms with Crippen molar-refractivity contribution in [1.82, 2.24) is 25.3 Å². The highest BCUT2D eigenvalue weighted by atomic mass is 16.5. The number of hydrogen-bond acceptors (Lipinski definition) is 5. The maximum atomic E-state index is 12.6. The Bertz CT molecular complexity index is 1070. The fourth-order valence-electron chi connectivity index (χ4n) is 4.61. The van der Waals surface area contributed by atoms with Gasteiger partial charge in [-0.15, -0.1) is 0 Å². The molecular formula is C28H37N5O2. The van der Waals surface area contributed by atoms with Crippen molar-refractivity contribution in [2.75, 3.05) is 53.4 Å². The number of H-pyrrole nitrogens is 1. The fraction of sp³-hybridized carbons (Fsp3) is 0.429. The molecule has 0 spiro atoms. The lowest BCUT2D eigenvalue weighted by molar-refractivity contribution is 0.0827. The van der Waals surface area contributed by atoms with Gasteiger partial charge in [0.25, 0.3) is 5.91 Å². The van der Waals surface area contributed by atoms with Gasteiger partial charge in [0.05, 0.1) is 19.4 Å². The highest BCUT2D eigenvalue weighted by molar-refractivity contribution is 5.95. The van der Waals surface area contributed by atoms with Gasteiger partial charge < -0.3 is 19.9 Å². The number of rotatable bonds is 11. The molecule has 0 saturated carbocycles. The number of benzene rings is 2. The highest BCUT2D eigenvalue weighted by Gasteiger charge is 2.25. The molecule has 1 unspecified atom stereocenters. The number of amides is 1. The first-order valence-electron chi connectivity index (χ1n) is 12.5. The molecule has 1 fully saturated rings. The van der Waals surface area contributed by atoms with Crippen molar-refractivity contribution in [3.8, 4) is 11.1 Å². The Morgan fingerprint density at radius 1 is 1.20 bits per heavy atom. The van der Waals surface area contributed by atoms with Crippen molar-refractivity contribution >= 4 is 5.91 Å². The number of aromatic nitrogens is 2. The van der Waals surface area contributed by atoms with Gasteiger partial charge in [0.1, 0.15) is 0 Å². The van der Waals surface area contributed by atoms with Gasteiger partial charge in [0, 0.05) is 48.9 Å². The van der Waals surface area contributed by atoms with Crippen LogP contribution in [0.15, 0.2) is 60.8 Å². The quantitative estimate of drug-likeness (QED) is 0.413. The summed E-state index contributed by atoms with van der Waals surface area (Å²) >= 11 is 0. The molecule has 3 aromatic rings. The average molecular weight is 476 g/mol. The van der Waals surface area contributed by atoms with E-state index in [1.54, 1.807) is 0 Å².